The predicted molar refractivity (Wildman–Crippen MR) is 133 cm³/mol. The maximum absolute atomic E-state index is 13.0. The fraction of sp³-hybridized carbons (Fsp3) is 0.222. The summed E-state index contributed by atoms with van der Waals surface area (Å²) in [4.78, 5) is 28.5. The molecule has 0 spiro atoms. The highest BCUT2D eigenvalue weighted by Gasteiger charge is 2.35. The molecule has 0 saturated carbocycles. The molecule has 7 nitrogen and oxygen atoms in total. The van der Waals surface area contributed by atoms with Crippen LogP contribution < -0.4 is 0 Å². The van der Waals surface area contributed by atoms with Crippen LogP contribution in [0.3, 0.4) is 0 Å². The van der Waals surface area contributed by atoms with Crippen LogP contribution >= 0.6 is 11.6 Å². The number of hydrogen-bond acceptors (Lipinski definition) is 5. The van der Waals surface area contributed by atoms with E-state index in [1.54, 1.807) is 24.5 Å². The molecule has 0 fully saturated rings. The number of carbonyl (C=O) groups is 2. The summed E-state index contributed by atoms with van der Waals surface area (Å²) in [5.41, 5.74) is 3.84. The predicted octanol–water partition coefficient (Wildman–Crippen LogP) is 5.66. The summed E-state index contributed by atoms with van der Waals surface area (Å²) < 4.78 is 10.8. The SMILES string of the molecule is O=C(CCCc1c[nH]c2ccccc12)OCC(=O)N1N=C(c2ccc(Cl)cc2)C[C@H]1c1ccco1. The van der Waals surface area contributed by atoms with Crippen molar-refractivity contribution in [3.63, 3.8) is 0 Å². The largest absolute Gasteiger partial charge is 0.467 e. The zero-order valence-electron chi connectivity index (χ0n) is 18.9. The van der Waals surface area contributed by atoms with Gasteiger partial charge in [-0.2, -0.15) is 5.10 Å². The monoisotopic (exact) mass is 489 g/mol. The second kappa shape index (κ2) is 10.2. The van der Waals surface area contributed by atoms with Crippen LogP contribution in [0, 0.1) is 0 Å². The third-order valence-corrected chi connectivity index (χ3v) is 6.33. The van der Waals surface area contributed by atoms with E-state index in [1.165, 1.54) is 5.01 Å². The van der Waals surface area contributed by atoms with Gasteiger partial charge in [0.05, 0.1) is 12.0 Å². The fourth-order valence-electron chi connectivity index (χ4n) is 4.30. The molecule has 4 aromatic rings. The minimum atomic E-state index is -0.408. The van der Waals surface area contributed by atoms with Gasteiger partial charge in [0.2, 0.25) is 0 Å². The molecule has 1 aliphatic heterocycles. The number of aromatic amines is 1. The van der Waals surface area contributed by atoms with Crippen molar-refractivity contribution in [1.82, 2.24) is 9.99 Å². The number of furan rings is 1. The molecule has 35 heavy (non-hydrogen) atoms. The number of carbonyl (C=O) groups excluding carboxylic acids is 2. The number of para-hydroxylation sites is 1. The molecule has 0 radical (unpaired) electrons. The maximum atomic E-state index is 13.0. The Morgan fingerprint density at radius 2 is 1.94 bits per heavy atom. The van der Waals surface area contributed by atoms with Gasteiger partial charge in [0, 0.05) is 35.0 Å². The molecule has 1 aliphatic rings. The molecule has 3 heterocycles. The number of hydrogen-bond donors (Lipinski definition) is 1. The van der Waals surface area contributed by atoms with Gasteiger partial charge in [-0.3, -0.25) is 9.59 Å². The second-order valence-electron chi connectivity index (χ2n) is 8.40. The number of benzene rings is 2. The molecule has 0 aliphatic carbocycles. The Labute approximate surface area is 207 Å². The topological polar surface area (TPSA) is 87.9 Å². The molecular formula is C27H24ClN3O4. The van der Waals surface area contributed by atoms with Crippen LogP contribution in [0.2, 0.25) is 5.02 Å². The van der Waals surface area contributed by atoms with E-state index >= 15 is 0 Å². The van der Waals surface area contributed by atoms with Crippen molar-refractivity contribution in [3.8, 4) is 0 Å². The summed E-state index contributed by atoms with van der Waals surface area (Å²) in [6.45, 7) is -0.374. The van der Waals surface area contributed by atoms with E-state index in [0.717, 1.165) is 34.2 Å². The third kappa shape index (κ3) is 5.15. The molecule has 2 aromatic carbocycles. The number of H-pyrrole nitrogens is 1. The molecule has 1 N–H and O–H groups in total. The molecule has 2 aromatic heterocycles. The molecule has 0 unspecified atom stereocenters. The van der Waals surface area contributed by atoms with Crippen LogP contribution in [0.15, 0.2) is 82.6 Å². The molecule has 1 atom stereocenters. The van der Waals surface area contributed by atoms with Crippen LogP contribution in [-0.2, 0) is 20.7 Å². The van der Waals surface area contributed by atoms with E-state index in [4.69, 9.17) is 20.8 Å². The van der Waals surface area contributed by atoms with Gasteiger partial charge in [0.1, 0.15) is 11.8 Å². The Hall–Kier alpha value is -3.84. The first-order chi connectivity index (χ1) is 17.1. The van der Waals surface area contributed by atoms with E-state index in [-0.39, 0.29) is 13.0 Å². The highest BCUT2D eigenvalue weighted by atomic mass is 35.5. The molecule has 0 saturated heterocycles. The summed E-state index contributed by atoms with van der Waals surface area (Å²) >= 11 is 6.00. The Balaban J connectivity index is 1.18. The second-order valence-corrected chi connectivity index (χ2v) is 8.84. The lowest BCUT2D eigenvalue weighted by Crippen LogP contribution is -2.31. The number of amides is 1. The van der Waals surface area contributed by atoms with Gasteiger partial charge in [0.25, 0.3) is 5.91 Å². The maximum Gasteiger partial charge on any atom is 0.306 e. The van der Waals surface area contributed by atoms with Crippen molar-refractivity contribution in [2.75, 3.05) is 6.61 Å². The molecule has 5 rings (SSSR count). The number of ether oxygens (including phenoxy) is 1. The first kappa shape index (κ1) is 22.9. The van der Waals surface area contributed by atoms with Crippen LogP contribution in [0.1, 0.15) is 42.2 Å². The minimum absolute atomic E-state index is 0.230. The van der Waals surface area contributed by atoms with Crippen LogP contribution in [0.4, 0.5) is 0 Å². The highest BCUT2D eigenvalue weighted by molar-refractivity contribution is 6.30. The summed E-state index contributed by atoms with van der Waals surface area (Å²) in [5.74, 6) is -0.190. The third-order valence-electron chi connectivity index (χ3n) is 6.07. The number of hydrazone groups is 1. The molecule has 178 valence electrons. The highest BCUT2D eigenvalue weighted by Crippen LogP contribution is 2.33. The number of halogens is 1. The number of esters is 1. The van der Waals surface area contributed by atoms with E-state index in [0.29, 0.717) is 23.6 Å². The Kier molecular flexibility index (Phi) is 6.68. The van der Waals surface area contributed by atoms with Gasteiger partial charge in [0.15, 0.2) is 6.61 Å². The fourth-order valence-corrected chi connectivity index (χ4v) is 4.43. The summed E-state index contributed by atoms with van der Waals surface area (Å²) in [6.07, 6.45) is 5.62. The van der Waals surface area contributed by atoms with Crippen LogP contribution in [0.5, 0.6) is 0 Å². The zero-order chi connectivity index (χ0) is 24.2. The van der Waals surface area contributed by atoms with Crippen LogP contribution in [0.25, 0.3) is 10.9 Å². The van der Waals surface area contributed by atoms with Crippen molar-refractivity contribution in [1.29, 1.82) is 0 Å². The number of aryl methyl sites for hydroxylation is 1. The number of rotatable bonds is 8. The van der Waals surface area contributed by atoms with Gasteiger partial charge in [-0.1, -0.05) is 41.9 Å². The summed E-state index contributed by atoms with van der Waals surface area (Å²) in [5, 5.41) is 7.66. The number of aromatic nitrogens is 1. The van der Waals surface area contributed by atoms with Gasteiger partial charge in [-0.25, -0.2) is 5.01 Å². The lowest BCUT2D eigenvalue weighted by molar-refractivity contribution is -0.153. The smallest absolute Gasteiger partial charge is 0.306 e. The Morgan fingerprint density at radius 1 is 1.11 bits per heavy atom. The lowest BCUT2D eigenvalue weighted by Gasteiger charge is -2.19. The average molecular weight is 490 g/mol. The average Bonchev–Trinajstić information content (AvgIpc) is 3.63. The lowest BCUT2D eigenvalue weighted by atomic mass is 10.0. The first-order valence-electron chi connectivity index (χ1n) is 11.5. The van der Waals surface area contributed by atoms with E-state index in [1.807, 2.05) is 42.6 Å². The van der Waals surface area contributed by atoms with Crippen molar-refractivity contribution < 1.29 is 18.7 Å². The molecular weight excluding hydrogens is 466 g/mol. The van der Waals surface area contributed by atoms with E-state index in [2.05, 4.69) is 16.2 Å². The Morgan fingerprint density at radius 3 is 2.74 bits per heavy atom. The normalized spacial score (nSPS) is 15.4. The standard InChI is InChI=1S/C27H24ClN3O4/c28-20-12-10-18(11-13-20)23-15-24(25-8-4-14-34-25)31(30-23)26(32)17-35-27(33)9-3-5-19-16-29-22-7-2-1-6-21(19)22/h1-2,4,6-8,10-14,16,24,29H,3,5,9,15,17H2/t24-/m0/s1. The number of fused-ring (bicyclic) bond motifs is 1. The van der Waals surface area contributed by atoms with Crippen molar-refractivity contribution >= 4 is 40.1 Å². The van der Waals surface area contributed by atoms with Crippen molar-refractivity contribution in [3.05, 3.63) is 95.0 Å². The van der Waals surface area contributed by atoms with Gasteiger partial charge in [-0.05, 0) is 54.3 Å². The molecule has 1 amide bonds. The minimum Gasteiger partial charge on any atom is -0.467 e. The zero-order valence-corrected chi connectivity index (χ0v) is 19.7. The molecule has 8 heteroatoms. The summed E-state index contributed by atoms with van der Waals surface area (Å²) in [7, 11) is 0. The molecule has 0 bridgehead atoms. The quantitative estimate of drug-likeness (QED) is 0.323. The van der Waals surface area contributed by atoms with Crippen LogP contribution in [-0.4, -0.2) is 34.2 Å². The van der Waals surface area contributed by atoms with E-state index < -0.39 is 17.9 Å². The number of nitrogens with zero attached hydrogens (tertiary/aromatic N) is 2. The van der Waals surface area contributed by atoms with Crippen molar-refractivity contribution in [2.45, 2.75) is 31.7 Å². The van der Waals surface area contributed by atoms with Gasteiger partial charge in [-0.15, -0.1) is 0 Å². The first-order valence-corrected chi connectivity index (χ1v) is 11.9. The van der Waals surface area contributed by atoms with Gasteiger partial charge >= 0.3 is 5.97 Å². The van der Waals surface area contributed by atoms with Crippen molar-refractivity contribution in [2.24, 2.45) is 5.10 Å². The summed E-state index contributed by atoms with van der Waals surface area (Å²) in [6, 6.07) is 18.5. The Bertz CT molecular complexity index is 1360. The number of nitrogens with one attached hydrogen (secondary N) is 1. The van der Waals surface area contributed by atoms with E-state index in [9.17, 15) is 9.59 Å². The van der Waals surface area contributed by atoms with Gasteiger partial charge < -0.3 is 14.1 Å².